The Bertz CT molecular complexity index is 516. The number of hydrogen-bond donors (Lipinski definition) is 1. The third-order valence-corrected chi connectivity index (χ3v) is 2.02. The van der Waals surface area contributed by atoms with Gasteiger partial charge in [-0.25, -0.2) is 9.97 Å². The van der Waals surface area contributed by atoms with E-state index in [9.17, 15) is 4.79 Å². The van der Waals surface area contributed by atoms with Gasteiger partial charge in [-0.15, -0.1) is 0 Å². The van der Waals surface area contributed by atoms with Crippen LogP contribution in [-0.2, 0) is 0 Å². The maximum absolute atomic E-state index is 11.1. The number of fused-ring (bicyclic) bond motifs is 1. The van der Waals surface area contributed by atoms with E-state index in [-0.39, 0.29) is 0 Å². The standard InChI is InChI=1S/C8H9N5O/c1-4-6(7(9)14)8-10-3-11-13(8)5(2)12-4/h3H,1-2H3,(H2,9,14). The zero-order chi connectivity index (χ0) is 10.3. The number of amides is 1. The normalized spacial score (nSPS) is 10.7. The fourth-order valence-electron chi connectivity index (χ4n) is 1.45. The highest BCUT2D eigenvalue weighted by molar-refractivity contribution is 5.99. The highest BCUT2D eigenvalue weighted by Crippen LogP contribution is 2.11. The van der Waals surface area contributed by atoms with E-state index in [2.05, 4.69) is 15.1 Å². The number of primary amides is 1. The zero-order valence-electron chi connectivity index (χ0n) is 7.85. The minimum atomic E-state index is -0.534. The topological polar surface area (TPSA) is 86.2 Å². The van der Waals surface area contributed by atoms with Gasteiger partial charge < -0.3 is 5.73 Å². The molecule has 6 heteroatoms. The second-order valence-corrected chi connectivity index (χ2v) is 2.98. The van der Waals surface area contributed by atoms with Crippen LogP contribution in [0.15, 0.2) is 6.33 Å². The van der Waals surface area contributed by atoms with Gasteiger partial charge in [-0.05, 0) is 13.8 Å². The minimum Gasteiger partial charge on any atom is -0.365 e. The van der Waals surface area contributed by atoms with Crippen LogP contribution in [0.1, 0.15) is 21.9 Å². The van der Waals surface area contributed by atoms with E-state index >= 15 is 0 Å². The summed E-state index contributed by atoms with van der Waals surface area (Å²) >= 11 is 0. The van der Waals surface area contributed by atoms with Gasteiger partial charge in [0.05, 0.1) is 5.69 Å². The molecule has 72 valence electrons. The monoisotopic (exact) mass is 191 g/mol. The molecule has 2 aromatic rings. The van der Waals surface area contributed by atoms with Gasteiger partial charge in [-0.3, -0.25) is 4.79 Å². The van der Waals surface area contributed by atoms with E-state index in [1.165, 1.54) is 10.8 Å². The van der Waals surface area contributed by atoms with Crippen LogP contribution in [0.2, 0.25) is 0 Å². The molecule has 2 rings (SSSR count). The molecular weight excluding hydrogens is 182 g/mol. The van der Waals surface area contributed by atoms with Gasteiger partial charge in [0.1, 0.15) is 17.7 Å². The number of carbonyl (C=O) groups is 1. The number of aromatic nitrogens is 4. The second kappa shape index (κ2) is 2.76. The third-order valence-electron chi connectivity index (χ3n) is 2.02. The SMILES string of the molecule is Cc1nc(C)n2ncnc2c1C(N)=O. The zero-order valence-corrected chi connectivity index (χ0v) is 7.85. The van der Waals surface area contributed by atoms with Crippen LogP contribution in [0, 0.1) is 13.8 Å². The molecule has 0 saturated heterocycles. The van der Waals surface area contributed by atoms with Crippen molar-refractivity contribution in [1.29, 1.82) is 0 Å². The Morgan fingerprint density at radius 2 is 2.21 bits per heavy atom. The number of aryl methyl sites for hydroxylation is 2. The van der Waals surface area contributed by atoms with Crippen molar-refractivity contribution in [3.05, 3.63) is 23.4 Å². The fourth-order valence-corrected chi connectivity index (χ4v) is 1.45. The Hall–Kier alpha value is -1.98. The summed E-state index contributed by atoms with van der Waals surface area (Å²) in [6.07, 6.45) is 1.37. The van der Waals surface area contributed by atoms with E-state index in [1.807, 2.05) is 0 Å². The molecule has 0 aliphatic heterocycles. The van der Waals surface area contributed by atoms with Crippen molar-refractivity contribution in [2.24, 2.45) is 5.73 Å². The van der Waals surface area contributed by atoms with E-state index < -0.39 is 5.91 Å². The van der Waals surface area contributed by atoms with Crippen LogP contribution in [0.3, 0.4) is 0 Å². The summed E-state index contributed by atoms with van der Waals surface area (Å²) < 4.78 is 1.49. The lowest BCUT2D eigenvalue weighted by Crippen LogP contribution is -2.17. The summed E-state index contributed by atoms with van der Waals surface area (Å²) in [6.45, 7) is 3.52. The van der Waals surface area contributed by atoms with Crippen molar-refractivity contribution < 1.29 is 4.79 Å². The lowest BCUT2D eigenvalue weighted by molar-refractivity contribution is 0.100. The van der Waals surface area contributed by atoms with Gasteiger partial charge >= 0.3 is 0 Å². The molecule has 2 heterocycles. The van der Waals surface area contributed by atoms with Crippen LogP contribution in [-0.4, -0.2) is 25.5 Å². The van der Waals surface area contributed by atoms with Gasteiger partial charge in [0.2, 0.25) is 0 Å². The number of nitrogens with two attached hydrogens (primary N) is 1. The Balaban J connectivity index is 2.93. The summed E-state index contributed by atoms with van der Waals surface area (Å²) in [7, 11) is 0. The minimum absolute atomic E-state index is 0.327. The fraction of sp³-hybridized carbons (Fsp3) is 0.250. The summed E-state index contributed by atoms with van der Waals surface area (Å²) in [5.41, 5.74) is 6.60. The molecule has 6 nitrogen and oxygen atoms in total. The van der Waals surface area contributed by atoms with Crippen molar-refractivity contribution in [2.45, 2.75) is 13.8 Å². The number of nitrogens with zero attached hydrogens (tertiary/aromatic N) is 4. The second-order valence-electron chi connectivity index (χ2n) is 2.98. The molecule has 0 fully saturated rings. The van der Waals surface area contributed by atoms with Gasteiger partial charge in [0.25, 0.3) is 5.91 Å². The molecule has 0 aliphatic rings. The lowest BCUT2D eigenvalue weighted by Gasteiger charge is -2.04. The maximum Gasteiger partial charge on any atom is 0.254 e. The Kier molecular flexibility index (Phi) is 1.70. The first-order valence-corrected chi connectivity index (χ1v) is 4.08. The van der Waals surface area contributed by atoms with E-state index in [0.717, 1.165) is 0 Å². The van der Waals surface area contributed by atoms with Crippen molar-refractivity contribution in [3.8, 4) is 0 Å². The summed E-state index contributed by atoms with van der Waals surface area (Å²) in [6, 6.07) is 0. The van der Waals surface area contributed by atoms with Crippen molar-refractivity contribution in [1.82, 2.24) is 19.6 Å². The maximum atomic E-state index is 11.1. The predicted molar refractivity (Wildman–Crippen MR) is 48.8 cm³/mol. The quantitative estimate of drug-likeness (QED) is 0.678. The van der Waals surface area contributed by atoms with Crippen molar-refractivity contribution in [3.63, 3.8) is 0 Å². The van der Waals surface area contributed by atoms with Crippen LogP contribution < -0.4 is 5.73 Å². The van der Waals surface area contributed by atoms with E-state index in [1.54, 1.807) is 13.8 Å². The first-order valence-electron chi connectivity index (χ1n) is 4.08. The Morgan fingerprint density at radius 3 is 2.86 bits per heavy atom. The van der Waals surface area contributed by atoms with Gasteiger partial charge in [-0.2, -0.15) is 9.61 Å². The summed E-state index contributed by atoms with van der Waals surface area (Å²) in [5, 5.41) is 3.94. The molecule has 0 saturated carbocycles. The molecule has 2 aromatic heterocycles. The largest absolute Gasteiger partial charge is 0.365 e. The number of carbonyl (C=O) groups excluding carboxylic acids is 1. The molecule has 0 atom stereocenters. The third kappa shape index (κ3) is 1.04. The van der Waals surface area contributed by atoms with Crippen molar-refractivity contribution in [2.75, 3.05) is 0 Å². The predicted octanol–water partition coefficient (Wildman–Crippen LogP) is -0.160. The molecule has 0 radical (unpaired) electrons. The molecule has 0 aliphatic carbocycles. The van der Waals surface area contributed by atoms with Crippen LogP contribution in [0.5, 0.6) is 0 Å². The number of rotatable bonds is 1. The molecule has 2 N–H and O–H groups in total. The smallest absolute Gasteiger partial charge is 0.254 e. The molecule has 0 bridgehead atoms. The van der Waals surface area contributed by atoms with E-state index in [4.69, 9.17) is 5.73 Å². The molecule has 0 aromatic carbocycles. The molecular formula is C8H9N5O. The summed E-state index contributed by atoms with van der Waals surface area (Å²) in [4.78, 5) is 19.3. The molecule has 0 unspecified atom stereocenters. The highest BCUT2D eigenvalue weighted by Gasteiger charge is 2.15. The average molecular weight is 191 g/mol. The first kappa shape index (κ1) is 8.61. The molecule has 1 amide bonds. The number of hydrogen-bond acceptors (Lipinski definition) is 4. The molecule has 0 spiro atoms. The lowest BCUT2D eigenvalue weighted by atomic mass is 10.2. The van der Waals surface area contributed by atoms with E-state index in [0.29, 0.717) is 22.7 Å². The van der Waals surface area contributed by atoms with Crippen molar-refractivity contribution >= 4 is 11.6 Å². The first-order chi connectivity index (χ1) is 6.61. The van der Waals surface area contributed by atoms with Gasteiger partial charge in [-0.1, -0.05) is 0 Å². The molecule has 14 heavy (non-hydrogen) atoms. The Labute approximate surface area is 79.8 Å². The van der Waals surface area contributed by atoms with Crippen LogP contribution >= 0.6 is 0 Å². The van der Waals surface area contributed by atoms with Gasteiger partial charge in [0.15, 0.2) is 5.65 Å². The summed E-state index contributed by atoms with van der Waals surface area (Å²) in [5.74, 6) is 0.146. The van der Waals surface area contributed by atoms with Crippen LogP contribution in [0.25, 0.3) is 5.65 Å². The highest BCUT2D eigenvalue weighted by atomic mass is 16.1. The van der Waals surface area contributed by atoms with Crippen LogP contribution in [0.4, 0.5) is 0 Å². The Morgan fingerprint density at radius 1 is 1.50 bits per heavy atom. The average Bonchev–Trinajstić information content (AvgIpc) is 2.51. The van der Waals surface area contributed by atoms with Gasteiger partial charge in [0, 0.05) is 0 Å².